The number of quaternary nitrogens is 1. The molecule has 3 heteroatoms. The van der Waals surface area contributed by atoms with Gasteiger partial charge in [-0.05, 0) is 30.5 Å². The maximum Gasteiger partial charge on any atom is 0.119 e. The minimum Gasteiger partial charge on any atom is -0.497 e. The van der Waals surface area contributed by atoms with Gasteiger partial charge in [-0.3, -0.25) is 0 Å². The van der Waals surface area contributed by atoms with Crippen LogP contribution in [-0.4, -0.2) is 44.4 Å². The van der Waals surface area contributed by atoms with Crippen LogP contribution in [0.15, 0.2) is 24.3 Å². The van der Waals surface area contributed by atoms with Gasteiger partial charge >= 0.3 is 0 Å². The van der Waals surface area contributed by atoms with E-state index < -0.39 is 5.60 Å². The molecule has 1 aliphatic rings. The molecule has 112 valence electrons. The zero-order valence-electron chi connectivity index (χ0n) is 13.2. The molecule has 0 heterocycles. The van der Waals surface area contributed by atoms with E-state index in [4.69, 9.17) is 4.74 Å². The van der Waals surface area contributed by atoms with Crippen LogP contribution in [0, 0.1) is 5.92 Å². The Bertz CT molecular complexity index is 453. The zero-order chi connectivity index (χ0) is 14.8. The molecule has 0 bridgehead atoms. The minimum atomic E-state index is -0.710. The largest absolute Gasteiger partial charge is 0.497 e. The molecule has 1 N–H and O–H groups in total. The molecule has 2 rings (SSSR count). The lowest BCUT2D eigenvalue weighted by atomic mass is 9.71. The van der Waals surface area contributed by atoms with E-state index in [1.165, 1.54) is 6.42 Å². The van der Waals surface area contributed by atoms with E-state index in [-0.39, 0.29) is 0 Å². The smallest absolute Gasteiger partial charge is 0.119 e. The second-order valence-electron chi connectivity index (χ2n) is 7.07. The van der Waals surface area contributed by atoms with E-state index in [9.17, 15) is 5.11 Å². The lowest BCUT2D eigenvalue weighted by Gasteiger charge is -2.43. The molecule has 0 spiro atoms. The van der Waals surface area contributed by atoms with Gasteiger partial charge in [0.15, 0.2) is 0 Å². The highest BCUT2D eigenvalue weighted by Gasteiger charge is 2.43. The van der Waals surface area contributed by atoms with Crippen molar-refractivity contribution in [3.8, 4) is 5.75 Å². The summed E-state index contributed by atoms with van der Waals surface area (Å²) in [7, 11) is 8.26. The number of rotatable bonds is 4. The Kier molecular flexibility index (Phi) is 4.40. The van der Waals surface area contributed by atoms with Gasteiger partial charge in [0.05, 0.1) is 40.4 Å². The molecular formula is C17H28NO2+. The lowest BCUT2D eigenvalue weighted by Crippen LogP contribution is -2.48. The van der Waals surface area contributed by atoms with Crippen LogP contribution >= 0.6 is 0 Å². The van der Waals surface area contributed by atoms with Crippen LogP contribution < -0.4 is 4.74 Å². The van der Waals surface area contributed by atoms with Gasteiger partial charge in [-0.2, -0.15) is 0 Å². The summed E-state index contributed by atoms with van der Waals surface area (Å²) in [5, 5.41) is 11.3. The van der Waals surface area contributed by atoms with Gasteiger partial charge in [0.25, 0.3) is 0 Å². The molecule has 20 heavy (non-hydrogen) atoms. The van der Waals surface area contributed by atoms with E-state index in [2.05, 4.69) is 21.1 Å². The number of nitrogens with zero attached hydrogens (tertiary/aromatic N) is 1. The third-order valence-electron chi connectivity index (χ3n) is 4.37. The van der Waals surface area contributed by atoms with E-state index >= 15 is 0 Å². The molecule has 0 radical (unpaired) electrons. The van der Waals surface area contributed by atoms with Crippen LogP contribution in [0.3, 0.4) is 0 Å². The maximum atomic E-state index is 11.3. The molecule has 0 aromatic heterocycles. The first-order valence-corrected chi connectivity index (χ1v) is 7.52. The SMILES string of the molecule is COc1cccc([C@@]2(O)CCCC[C@@H]2C[N+](C)(C)C)c1. The van der Waals surface area contributed by atoms with Crippen molar-refractivity contribution in [3.05, 3.63) is 29.8 Å². The van der Waals surface area contributed by atoms with Gasteiger partial charge in [-0.15, -0.1) is 0 Å². The molecule has 1 aliphatic carbocycles. The summed E-state index contributed by atoms with van der Waals surface area (Å²) in [6.07, 6.45) is 4.27. The third-order valence-corrected chi connectivity index (χ3v) is 4.37. The van der Waals surface area contributed by atoms with Crippen molar-refractivity contribution in [3.63, 3.8) is 0 Å². The summed E-state index contributed by atoms with van der Waals surface area (Å²) in [4.78, 5) is 0. The van der Waals surface area contributed by atoms with E-state index in [1.807, 2.05) is 24.3 Å². The van der Waals surface area contributed by atoms with E-state index in [0.29, 0.717) is 5.92 Å². The van der Waals surface area contributed by atoms with Gasteiger partial charge in [0.1, 0.15) is 5.75 Å². The highest BCUT2D eigenvalue weighted by molar-refractivity contribution is 5.33. The predicted octanol–water partition coefficient (Wildman–Crippen LogP) is 2.78. The van der Waals surface area contributed by atoms with Crippen molar-refractivity contribution >= 4 is 0 Å². The molecule has 1 saturated carbocycles. The van der Waals surface area contributed by atoms with Crippen molar-refractivity contribution in [1.29, 1.82) is 0 Å². The second-order valence-corrected chi connectivity index (χ2v) is 7.07. The summed E-state index contributed by atoms with van der Waals surface area (Å²) in [6.45, 7) is 0.994. The summed E-state index contributed by atoms with van der Waals surface area (Å²) >= 11 is 0. The third kappa shape index (κ3) is 3.33. The number of ether oxygens (including phenoxy) is 1. The van der Waals surface area contributed by atoms with Crippen molar-refractivity contribution in [2.24, 2.45) is 5.92 Å². The maximum absolute atomic E-state index is 11.3. The standard InChI is InChI=1S/C17H28NO2/c1-18(2,3)13-15-8-5-6-11-17(15,19)14-9-7-10-16(12-14)20-4/h7,9-10,12,15,19H,5-6,8,11,13H2,1-4H3/q+1/t15-,17+/m1/s1. The van der Waals surface area contributed by atoms with Gasteiger partial charge in [-0.1, -0.05) is 25.0 Å². The molecule has 1 aromatic rings. The molecule has 0 unspecified atom stereocenters. The van der Waals surface area contributed by atoms with Crippen molar-refractivity contribution in [2.45, 2.75) is 31.3 Å². The minimum absolute atomic E-state index is 0.309. The van der Waals surface area contributed by atoms with E-state index in [1.54, 1.807) is 7.11 Å². The predicted molar refractivity (Wildman–Crippen MR) is 81.7 cm³/mol. The Morgan fingerprint density at radius 2 is 2.05 bits per heavy atom. The average Bonchev–Trinajstić information content (AvgIpc) is 2.40. The monoisotopic (exact) mass is 278 g/mol. The van der Waals surface area contributed by atoms with Gasteiger partial charge < -0.3 is 14.3 Å². The Labute approximate surface area is 122 Å². The van der Waals surface area contributed by atoms with Crippen molar-refractivity contribution < 1.29 is 14.3 Å². The fourth-order valence-electron chi connectivity index (χ4n) is 3.40. The normalized spacial score (nSPS) is 27.4. The molecule has 2 atom stereocenters. The molecule has 3 nitrogen and oxygen atoms in total. The first kappa shape index (κ1) is 15.3. The first-order valence-electron chi connectivity index (χ1n) is 7.52. The molecule has 0 amide bonds. The second kappa shape index (κ2) is 5.74. The van der Waals surface area contributed by atoms with Crippen molar-refractivity contribution in [1.82, 2.24) is 0 Å². The Balaban J connectivity index is 2.32. The van der Waals surface area contributed by atoms with Crippen LogP contribution in [-0.2, 0) is 5.60 Å². The van der Waals surface area contributed by atoms with Crippen molar-refractivity contribution in [2.75, 3.05) is 34.8 Å². The quantitative estimate of drug-likeness (QED) is 0.858. The van der Waals surface area contributed by atoms with Gasteiger partial charge in [0, 0.05) is 5.92 Å². The Morgan fingerprint density at radius 3 is 2.70 bits per heavy atom. The van der Waals surface area contributed by atoms with Gasteiger partial charge in [-0.25, -0.2) is 0 Å². The molecule has 0 aliphatic heterocycles. The Hall–Kier alpha value is -1.06. The Morgan fingerprint density at radius 1 is 1.30 bits per heavy atom. The zero-order valence-corrected chi connectivity index (χ0v) is 13.2. The van der Waals surface area contributed by atoms with Crippen LogP contribution in [0.25, 0.3) is 0 Å². The number of hydrogen-bond donors (Lipinski definition) is 1. The first-order chi connectivity index (χ1) is 9.35. The molecule has 1 fully saturated rings. The highest BCUT2D eigenvalue weighted by atomic mass is 16.5. The van der Waals surface area contributed by atoms with Crippen LogP contribution in [0.5, 0.6) is 5.75 Å². The summed E-state index contributed by atoms with van der Waals surface area (Å²) in [5.41, 5.74) is 0.299. The van der Waals surface area contributed by atoms with Crippen LogP contribution in [0.1, 0.15) is 31.2 Å². The highest BCUT2D eigenvalue weighted by Crippen LogP contribution is 2.43. The summed E-state index contributed by atoms with van der Waals surface area (Å²) in [5.74, 6) is 1.13. The fourth-order valence-corrected chi connectivity index (χ4v) is 3.40. The number of methoxy groups -OCH3 is 1. The summed E-state index contributed by atoms with van der Waals surface area (Å²) < 4.78 is 6.20. The van der Waals surface area contributed by atoms with Crippen LogP contribution in [0.2, 0.25) is 0 Å². The molecule has 1 aromatic carbocycles. The number of aliphatic hydroxyl groups is 1. The molecular weight excluding hydrogens is 250 g/mol. The summed E-state index contributed by atoms with van der Waals surface area (Å²) in [6, 6.07) is 7.94. The average molecular weight is 278 g/mol. The van der Waals surface area contributed by atoms with Crippen LogP contribution in [0.4, 0.5) is 0 Å². The number of hydrogen-bond acceptors (Lipinski definition) is 2. The number of benzene rings is 1. The van der Waals surface area contributed by atoms with Gasteiger partial charge in [0.2, 0.25) is 0 Å². The molecule has 0 saturated heterocycles. The lowest BCUT2D eigenvalue weighted by molar-refractivity contribution is -0.875. The fraction of sp³-hybridized carbons (Fsp3) is 0.647. The topological polar surface area (TPSA) is 29.5 Å². The van der Waals surface area contributed by atoms with E-state index in [0.717, 1.165) is 41.6 Å².